The SMILES string of the molecule is O=S(=O)(Cl)CCc1n[nH]c2c1CCCC2. The predicted octanol–water partition coefficient (Wildman–Crippen LogP) is 1.40. The van der Waals surface area contributed by atoms with Gasteiger partial charge < -0.3 is 0 Å². The summed E-state index contributed by atoms with van der Waals surface area (Å²) in [7, 11) is 1.76. The molecule has 0 aromatic carbocycles. The number of nitrogens with one attached hydrogen (secondary N) is 1. The maximum atomic E-state index is 10.8. The fraction of sp³-hybridized carbons (Fsp3) is 0.667. The number of fused-ring (bicyclic) bond motifs is 1. The Morgan fingerprint density at radius 3 is 2.80 bits per heavy atom. The van der Waals surface area contributed by atoms with Crippen molar-refractivity contribution in [1.29, 1.82) is 0 Å². The molecule has 0 saturated heterocycles. The minimum absolute atomic E-state index is 0.0359. The van der Waals surface area contributed by atoms with E-state index in [-0.39, 0.29) is 5.75 Å². The van der Waals surface area contributed by atoms with E-state index in [0.29, 0.717) is 6.42 Å². The van der Waals surface area contributed by atoms with E-state index >= 15 is 0 Å². The van der Waals surface area contributed by atoms with E-state index in [1.807, 2.05) is 0 Å². The highest BCUT2D eigenvalue weighted by atomic mass is 35.7. The Morgan fingerprint density at radius 1 is 1.33 bits per heavy atom. The van der Waals surface area contributed by atoms with Crippen LogP contribution in [-0.2, 0) is 28.3 Å². The van der Waals surface area contributed by atoms with Crippen LogP contribution in [0.4, 0.5) is 0 Å². The van der Waals surface area contributed by atoms with E-state index in [0.717, 1.165) is 25.0 Å². The van der Waals surface area contributed by atoms with E-state index in [2.05, 4.69) is 10.2 Å². The van der Waals surface area contributed by atoms with E-state index in [9.17, 15) is 8.42 Å². The molecule has 0 atom stereocenters. The van der Waals surface area contributed by atoms with E-state index < -0.39 is 9.05 Å². The summed E-state index contributed by atoms with van der Waals surface area (Å²) in [5, 5.41) is 7.13. The quantitative estimate of drug-likeness (QED) is 0.823. The van der Waals surface area contributed by atoms with Crippen molar-refractivity contribution in [3.63, 3.8) is 0 Å². The van der Waals surface area contributed by atoms with Crippen LogP contribution >= 0.6 is 10.7 Å². The molecule has 0 saturated carbocycles. The maximum Gasteiger partial charge on any atom is 0.232 e. The van der Waals surface area contributed by atoms with Gasteiger partial charge in [0.1, 0.15) is 0 Å². The normalized spacial score (nSPS) is 16.3. The highest BCUT2D eigenvalue weighted by Gasteiger charge is 2.17. The molecule has 1 aliphatic carbocycles. The smallest absolute Gasteiger partial charge is 0.232 e. The van der Waals surface area contributed by atoms with Crippen molar-refractivity contribution in [2.45, 2.75) is 32.1 Å². The average molecular weight is 249 g/mol. The van der Waals surface area contributed by atoms with Crippen LogP contribution in [0.15, 0.2) is 0 Å². The van der Waals surface area contributed by atoms with Crippen molar-refractivity contribution >= 4 is 19.7 Å². The van der Waals surface area contributed by atoms with Gasteiger partial charge in [0, 0.05) is 22.8 Å². The molecule has 0 fully saturated rings. The lowest BCUT2D eigenvalue weighted by Gasteiger charge is -2.10. The van der Waals surface area contributed by atoms with Gasteiger partial charge in [-0.05, 0) is 31.2 Å². The molecule has 0 unspecified atom stereocenters. The molecular weight excluding hydrogens is 236 g/mol. The number of hydrogen-bond acceptors (Lipinski definition) is 3. The number of rotatable bonds is 3. The lowest BCUT2D eigenvalue weighted by molar-refractivity contribution is 0.608. The minimum Gasteiger partial charge on any atom is -0.282 e. The Labute approximate surface area is 93.4 Å². The molecule has 1 heterocycles. The summed E-state index contributed by atoms with van der Waals surface area (Å²) in [6.07, 6.45) is 4.78. The summed E-state index contributed by atoms with van der Waals surface area (Å²) in [6.45, 7) is 0. The highest BCUT2D eigenvalue weighted by Crippen LogP contribution is 2.22. The zero-order valence-electron chi connectivity index (χ0n) is 8.29. The molecule has 6 heteroatoms. The molecule has 0 aliphatic heterocycles. The molecule has 1 N–H and O–H groups in total. The molecule has 4 nitrogen and oxygen atoms in total. The van der Waals surface area contributed by atoms with Gasteiger partial charge in [-0.3, -0.25) is 5.10 Å². The van der Waals surface area contributed by atoms with Crippen LogP contribution in [0.3, 0.4) is 0 Å². The monoisotopic (exact) mass is 248 g/mol. The summed E-state index contributed by atoms with van der Waals surface area (Å²) < 4.78 is 21.6. The lowest BCUT2D eigenvalue weighted by Crippen LogP contribution is -2.06. The zero-order chi connectivity index (χ0) is 10.9. The van der Waals surface area contributed by atoms with Crippen LogP contribution in [0.25, 0.3) is 0 Å². The molecule has 0 radical (unpaired) electrons. The van der Waals surface area contributed by atoms with Gasteiger partial charge in [0.2, 0.25) is 9.05 Å². The summed E-state index contributed by atoms with van der Waals surface area (Å²) in [5.74, 6) is -0.0359. The van der Waals surface area contributed by atoms with Crippen LogP contribution in [-0.4, -0.2) is 24.4 Å². The molecule has 0 spiro atoms. The van der Waals surface area contributed by atoms with E-state index in [1.54, 1.807) is 0 Å². The third kappa shape index (κ3) is 2.72. The number of hydrogen-bond donors (Lipinski definition) is 1. The zero-order valence-corrected chi connectivity index (χ0v) is 9.86. The topological polar surface area (TPSA) is 62.8 Å². The molecular formula is C9H13ClN2O2S. The van der Waals surface area contributed by atoms with Crippen molar-refractivity contribution in [2.75, 3.05) is 5.75 Å². The second kappa shape index (κ2) is 4.14. The Kier molecular flexibility index (Phi) is 3.02. The first-order valence-corrected chi connectivity index (χ1v) is 7.51. The molecule has 1 aromatic rings. The standard InChI is InChI=1S/C9H13ClN2O2S/c10-15(13,14)6-5-9-7-3-1-2-4-8(7)11-12-9/h1-6H2,(H,11,12). The van der Waals surface area contributed by atoms with Gasteiger partial charge in [0.25, 0.3) is 0 Å². The first-order valence-electron chi connectivity index (χ1n) is 5.03. The van der Waals surface area contributed by atoms with Gasteiger partial charge >= 0.3 is 0 Å². The van der Waals surface area contributed by atoms with Gasteiger partial charge in [-0.1, -0.05) is 0 Å². The Hall–Kier alpha value is -0.550. The van der Waals surface area contributed by atoms with Crippen LogP contribution < -0.4 is 0 Å². The van der Waals surface area contributed by atoms with Gasteiger partial charge in [-0.15, -0.1) is 0 Å². The van der Waals surface area contributed by atoms with Gasteiger partial charge in [0.15, 0.2) is 0 Å². The Balaban J connectivity index is 2.12. The van der Waals surface area contributed by atoms with Crippen molar-refractivity contribution in [3.05, 3.63) is 17.0 Å². The Morgan fingerprint density at radius 2 is 2.07 bits per heavy atom. The fourth-order valence-corrected chi connectivity index (χ4v) is 2.64. The largest absolute Gasteiger partial charge is 0.282 e. The van der Waals surface area contributed by atoms with E-state index in [4.69, 9.17) is 10.7 Å². The second-order valence-electron chi connectivity index (χ2n) is 3.83. The minimum atomic E-state index is -3.41. The average Bonchev–Trinajstić information content (AvgIpc) is 2.57. The summed E-state index contributed by atoms with van der Waals surface area (Å²) in [6, 6.07) is 0. The lowest BCUT2D eigenvalue weighted by atomic mass is 9.95. The number of nitrogens with zero attached hydrogens (tertiary/aromatic N) is 1. The van der Waals surface area contributed by atoms with Crippen LogP contribution in [0.5, 0.6) is 0 Å². The summed E-state index contributed by atoms with van der Waals surface area (Å²) >= 11 is 0. The van der Waals surface area contributed by atoms with Crippen molar-refractivity contribution in [3.8, 4) is 0 Å². The number of aryl methyl sites for hydroxylation is 2. The molecule has 1 aromatic heterocycles. The van der Waals surface area contributed by atoms with Crippen molar-refractivity contribution < 1.29 is 8.42 Å². The fourth-order valence-electron chi connectivity index (χ4n) is 1.97. The molecule has 84 valence electrons. The van der Waals surface area contributed by atoms with Crippen molar-refractivity contribution in [2.24, 2.45) is 0 Å². The summed E-state index contributed by atoms with van der Waals surface area (Å²) in [5.41, 5.74) is 3.25. The van der Waals surface area contributed by atoms with E-state index in [1.165, 1.54) is 17.7 Å². The molecule has 0 amide bonds. The number of H-pyrrole nitrogens is 1. The van der Waals surface area contributed by atoms with Gasteiger partial charge in [-0.2, -0.15) is 5.10 Å². The Bertz CT molecular complexity index is 453. The molecule has 15 heavy (non-hydrogen) atoms. The van der Waals surface area contributed by atoms with Crippen LogP contribution in [0.2, 0.25) is 0 Å². The highest BCUT2D eigenvalue weighted by molar-refractivity contribution is 8.13. The van der Waals surface area contributed by atoms with Gasteiger partial charge in [-0.25, -0.2) is 8.42 Å². The van der Waals surface area contributed by atoms with Crippen LogP contribution in [0, 0.1) is 0 Å². The third-order valence-corrected chi connectivity index (χ3v) is 3.88. The van der Waals surface area contributed by atoms with Crippen molar-refractivity contribution in [1.82, 2.24) is 10.2 Å². The number of aromatic nitrogens is 2. The number of aromatic amines is 1. The number of halogens is 1. The first-order chi connectivity index (χ1) is 7.06. The first kappa shape index (κ1) is 11.0. The van der Waals surface area contributed by atoms with Gasteiger partial charge in [0.05, 0.1) is 11.4 Å². The maximum absolute atomic E-state index is 10.8. The molecule has 1 aliphatic rings. The third-order valence-electron chi connectivity index (χ3n) is 2.72. The second-order valence-corrected chi connectivity index (χ2v) is 6.72. The van der Waals surface area contributed by atoms with Crippen LogP contribution in [0.1, 0.15) is 29.8 Å². The summed E-state index contributed by atoms with van der Waals surface area (Å²) in [4.78, 5) is 0. The predicted molar refractivity (Wildman–Crippen MR) is 58.6 cm³/mol. The molecule has 0 bridgehead atoms. The molecule has 2 rings (SSSR count).